The minimum Gasteiger partial charge on any atom is -0.326 e. The fourth-order valence-electron chi connectivity index (χ4n) is 2.53. The maximum absolute atomic E-state index is 12.3. The van der Waals surface area contributed by atoms with Crippen molar-refractivity contribution < 1.29 is 8.42 Å². The lowest BCUT2D eigenvalue weighted by Gasteiger charge is -2.35. The molecule has 2 unspecified atom stereocenters. The molecule has 0 bridgehead atoms. The zero-order valence-corrected chi connectivity index (χ0v) is 10.6. The topological polar surface area (TPSA) is 66.6 Å². The van der Waals surface area contributed by atoms with Crippen LogP contribution >= 0.6 is 0 Å². The van der Waals surface area contributed by atoms with Gasteiger partial charge in [-0.25, -0.2) is 0 Å². The minimum atomic E-state index is -3.26. The van der Waals surface area contributed by atoms with Gasteiger partial charge in [0, 0.05) is 31.7 Å². The molecule has 0 spiro atoms. The Labute approximate surface area is 97.8 Å². The second-order valence-electron chi connectivity index (χ2n) is 4.87. The molecule has 2 aliphatic rings. The molecule has 94 valence electrons. The predicted molar refractivity (Wildman–Crippen MR) is 63.1 cm³/mol. The molecule has 0 amide bonds. The van der Waals surface area contributed by atoms with Crippen LogP contribution in [0.2, 0.25) is 0 Å². The van der Waals surface area contributed by atoms with Crippen molar-refractivity contribution >= 4 is 10.2 Å². The van der Waals surface area contributed by atoms with Gasteiger partial charge in [0.05, 0.1) is 0 Å². The SMILES string of the molecule is CC1CCCCN1S(=O)(=O)N1CCC(N)C1. The Hall–Kier alpha value is -0.170. The van der Waals surface area contributed by atoms with Gasteiger partial charge in [-0.3, -0.25) is 0 Å². The summed E-state index contributed by atoms with van der Waals surface area (Å²) in [6.45, 7) is 3.71. The number of nitrogens with zero attached hydrogens (tertiary/aromatic N) is 2. The van der Waals surface area contributed by atoms with Crippen LogP contribution in [0.4, 0.5) is 0 Å². The predicted octanol–water partition coefficient (Wildman–Crippen LogP) is 0.139. The van der Waals surface area contributed by atoms with Gasteiger partial charge in [-0.2, -0.15) is 17.0 Å². The van der Waals surface area contributed by atoms with E-state index in [-0.39, 0.29) is 12.1 Å². The van der Waals surface area contributed by atoms with E-state index < -0.39 is 10.2 Å². The molecule has 0 saturated carbocycles. The molecule has 2 N–H and O–H groups in total. The molecule has 0 aromatic heterocycles. The van der Waals surface area contributed by atoms with E-state index in [1.54, 1.807) is 8.61 Å². The van der Waals surface area contributed by atoms with E-state index in [1.807, 2.05) is 6.92 Å². The third-order valence-electron chi connectivity index (χ3n) is 3.55. The molecule has 5 nitrogen and oxygen atoms in total. The highest BCUT2D eigenvalue weighted by molar-refractivity contribution is 7.86. The molecule has 0 aromatic carbocycles. The summed E-state index contributed by atoms with van der Waals surface area (Å²) >= 11 is 0. The van der Waals surface area contributed by atoms with Gasteiger partial charge in [-0.15, -0.1) is 0 Å². The van der Waals surface area contributed by atoms with Crippen molar-refractivity contribution in [3.63, 3.8) is 0 Å². The first-order chi connectivity index (χ1) is 7.51. The van der Waals surface area contributed by atoms with Gasteiger partial charge in [0.2, 0.25) is 0 Å². The summed E-state index contributed by atoms with van der Waals surface area (Å²) in [6, 6.07) is 0.144. The first kappa shape index (κ1) is 12.3. The highest BCUT2D eigenvalue weighted by Gasteiger charge is 2.37. The number of hydrogen-bond donors (Lipinski definition) is 1. The van der Waals surface area contributed by atoms with Gasteiger partial charge in [0.25, 0.3) is 10.2 Å². The minimum absolute atomic E-state index is 0.00914. The molecule has 2 heterocycles. The number of nitrogens with two attached hydrogens (primary N) is 1. The van der Waals surface area contributed by atoms with Crippen molar-refractivity contribution in [1.29, 1.82) is 0 Å². The van der Waals surface area contributed by atoms with E-state index in [0.29, 0.717) is 19.6 Å². The van der Waals surface area contributed by atoms with Crippen LogP contribution in [0.3, 0.4) is 0 Å². The van der Waals surface area contributed by atoms with Gasteiger partial charge >= 0.3 is 0 Å². The van der Waals surface area contributed by atoms with Gasteiger partial charge in [-0.05, 0) is 26.2 Å². The Kier molecular flexibility index (Phi) is 3.53. The van der Waals surface area contributed by atoms with Crippen molar-refractivity contribution in [2.75, 3.05) is 19.6 Å². The molecule has 0 aliphatic carbocycles. The fourth-order valence-corrected chi connectivity index (χ4v) is 4.46. The molecule has 6 heteroatoms. The summed E-state index contributed by atoms with van der Waals surface area (Å²) in [7, 11) is -3.26. The number of piperidine rings is 1. The summed E-state index contributed by atoms with van der Waals surface area (Å²) in [6.07, 6.45) is 3.86. The quantitative estimate of drug-likeness (QED) is 0.754. The Morgan fingerprint density at radius 1 is 1.19 bits per heavy atom. The van der Waals surface area contributed by atoms with E-state index in [2.05, 4.69) is 0 Å². The third kappa shape index (κ3) is 2.25. The Morgan fingerprint density at radius 3 is 2.50 bits per heavy atom. The van der Waals surface area contributed by atoms with Crippen LogP contribution in [0.5, 0.6) is 0 Å². The number of rotatable bonds is 2. The van der Waals surface area contributed by atoms with Crippen LogP contribution in [-0.2, 0) is 10.2 Å². The second-order valence-corrected chi connectivity index (χ2v) is 6.75. The highest BCUT2D eigenvalue weighted by atomic mass is 32.2. The standard InChI is InChI=1S/C10H21N3O2S/c1-9-4-2-3-6-13(9)16(14,15)12-7-5-10(11)8-12/h9-10H,2-8,11H2,1H3. The summed E-state index contributed by atoms with van der Waals surface area (Å²) in [5, 5.41) is 0. The molecule has 0 radical (unpaired) electrons. The zero-order chi connectivity index (χ0) is 11.8. The zero-order valence-electron chi connectivity index (χ0n) is 9.80. The van der Waals surface area contributed by atoms with E-state index in [9.17, 15) is 8.42 Å². The fraction of sp³-hybridized carbons (Fsp3) is 1.00. The summed E-state index contributed by atoms with van der Waals surface area (Å²) in [5.41, 5.74) is 5.76. The van der Waals surface area contributed by atoms with Crippen LogP contribution in [-0.4, -0.2) is 48.7 Å². The van der Waals surface area contributed by atoms with E-state index in [4.69, 9.17) is 5.73 Å². The van der Waals surface area contributed by atoms with Crippen LogP contribution in [0.15, 0.2) is 0 Å². The molecular formula is C10H21N3O2S. The van der Waals surface area contributed by atoms with Gasteiger partial charge in [0.1, 0.15) is 0 Å². The second kappa shape index (κ2) is 4.60. The molecule has 2 aliphatic heterocycles. The van der Waals surface area contributed by atoms with Crippen LogP contribution in [0, 0.1) is 0 Å². The lowest BCUT2D eigenvalue weighted by molar-refractivity contribution is 0.250. The van der Waals surface area contributed by atoms with Crippen molar-refractivity contribution in [3.05, 3.63) is 0 Å². The average molecular weight is 247 g/mol. The van der Waals surface area contributed by atoms with Crippen molar-refractivity contribution in [3.8, 4) is 0 Å². The van der Waals surface area contributed by atoms with E-state index >= 15 is 0 Å². The first-order valence-electron chi connectivity index (χ1n) is 6.04. The Balaban J connectivity index is 2.11. The van der Waals surface area contributed by atoms with E-state index in [1.165, 1.54) is 0 Å². The lowest BCUT2D eigenvalue weighted by Crippen LogP contribution is -2.49. The molecule has 0 aromatic rings. The van der Waals surface area contributed by atoms with Gasteiger partial charge < -0.3 is 5.73 Å². The summed E-state index contributed by atoms with van der Waals surface area (Å²) in [4.78, 5) is 0. The van der Waals surface area contributed by atoms with Gasteiger partial charge in [0.15, 0.2) is 0 Å². The maximum atomic E-state index is 12.3. The monoisotopic (exact) mass is 247 g/mol. The average Bonchev–Trinajstić information content (AvgIpc) is 2.66. The first-order valence-corrected chi connectivity index (χ1v) is 7.44. The maximum Gasteiger partial charge on any atom is 0.282 e. The van der Waals surface area contributed by atoms with E-state index in [0.717, 1.165) is 25.7 Å². The number of hydrogen-bond acceptors (Lipinski definition) is 3. The van der Waals surface area contributed by atoms with Crippen LogP contribution in [0.1, 0.15) is 32.6 Å². The largest absolute Gasteiger partial charge is 0.326 e. The van der Waals surface area contributed by atoms with Crippen molar-refractivity contribution in [2.24, 2.45) is 5.73 Å². The smallest absolute Gasteiger partial charge is 0.282 e. The van der Waals surface area contributed by atoms with Crippen LogP contribution in [0.25, 0.3) is 0 Å². The van der Waals surface area contributed by atoms with Crippen LogP contribution < -0.4 is 5.73 Å². The van der Waals surface area contributed by atoms with Crippen molar-refractivity contribution in [2.45, 2.75) is 44.7 Å². The third-order valence-corrected chi connectivity index (χ3v) is 5.67. The molecule has 2 fully saturated rings. The Bertz CT molecular complexity index is 344. The Morgan fingerprint density at radius 2 is 1.94 bits per heavy atom. The molecule has 2 atom stereocenters. The molecular weight excluding hydrogens is 226 g/mol. The highest BCUT2D eigenvalue weighted by Crippen LogP contribution is 2.24. The lowest BCUT2D eigenvalue weighted by atomic mass is 10.1. The summed E-state index contributed by atoms with van der Waals surface area (Å²) < 4.78 is 27.9. The van der Waals surface area contributed by atoms with Crippen molar-refractivity contribution in [1.82, 2.24) is 8.61 Å². The normalized spacial score (nSPS) is 34.4. The molecule has 16 heavy (non-hydrogen) atoms. The molecule has 2 rings (SSSR count). The van der Waals surface area contributed by atoms with Gasteiger partial charge in [-0.1, -0.05) is 6.42 Å². The molecule has 2 saturated heterocycles. The summed E-state index contributed by atoms with van der Waals surface area (Å²) in [5.74, 6) is 0.